The number of hydrogen-bond acceptors (Lipinski definition) is 2. The molecule has 100 valence electrons. The van der Waals surface area contributed by atoms with Crippen LogP contribution in [0.25, 0.3) is 0 Å². The summed E-state index contributed by atoms with van der Waals surface area (Å²) >= 11 is 3.55. The Morgan fingerprint density at radius 2 is 2.00 bits per heavy atom. The van der Waals surface area contributed by atoms with Gasteiger partial charge in [-0.1, -0.05) is 22.9 Å². The molecule has 18 heavy (non-hydrogen) atoms. The highest BCUT2D eigenvalue weighted by molar-refractivity contribution is 9.10. The quantitative estimate of drug-likeness (QED) is 0.891. The average molecular weight is 312 g/mol. The molecule has 2 atom stereocenters. The minimum absolute atomic E-state index is 0.423. The molecular weight excluding hydrogens is 290 g/mol. The molecule has 2 unspecified atom stereocenters. The number of nitrogens with one attached hydrogen (secondary N) is 1. The number of benzene rings is 1. The second kappa shape index (κ2) is 6.07. The van der Waals surface area contributed by atoms with Gasteiger partial charge in [-0.2, -0.15) is 0 Å². The predicted molar refractivity (Wildman–Crippen MR) is 80.3 cm³/mol. The van der Waals surface area contributed by atoms with Crippen LogP contribution in [0.1, 0.15) is 37.3 Å². The van der Waals surface area contributed by atoms with E-state index in [-0.39, 0.29) is 0 Å². The Labute approximate surface area is 118 Å². The molecule has 0 aliphatic carbocycles. The highest BCUT2D eigenvalue weighted by Crippen LogP contribution is 2.28. The second-order valence-corrected chi connectivity index (χ2v) is 6.10. The molecule has 0 spiro atoms. The third-order valence-corrected chi connectivity index (χ3v) is 4.13. The highest BCUT2D eigenvalue weighted by atomic mass is 79.9. The molecule has 0 bridgehead atoms. The standard InChI is InChI=1S/C15H22BrNO/c1-4-14-9-13(5-6-18-14)17-15-10(2)7-12(16)8-11(15)3/h7-8,13-14,17H,4-6,9H2,1-3H3. The zero-order chi connectivity index (χ0) is 13.1. The molecule has 1 aliphatic heterocycles. The zero-order valence-electron chi connectivity index (χ0n) is 11.4. The predicted octanol–water partition coefficient (Wildman–Crippen LogP) is 4.44. The maximum atomic E-state index is 5.73. The third kappa shape index (κ3) is 3.27. The summed E-state index contributed by atoms with van der Waals surface area (Å²) in [6.07, 6.45) is 3.75. The molecule has 2 nitrogen and oxygen atoms in total. The van der Waals surface area contributed by atoms with Gasteiger partial charge >= 0.3 is 0 Å². The van der Waals surface area contributed by atoms with E-state index < -0.39 is 0 Å². The van der Waals surface area contributed by atoms with Crippen LogP contribution in [0.2, 0.25) is 0 Å². The number of anilines is 1. The zero-order valence-corrected chi connectivity index (χ0v) is 13.0. The molecule has 1 fully saturated rings. The largest absolute Gasteiger partial charge is 0.382 e. The van der Waals surface area contributed by atoms with Gasteiger partial charge < -0.3 is 10.1 Å². The topological polar surface area (TPSA) is 21.3 Å². The normalized spacial score (nSPS) is 24.0. The van der Waals surface area contributed by atoms with Crippen LogP contribution in [-0.4, -0.2) is 18.8 Å². The van der Waals surface area contributed by atoms with E-state index in [0.717, 1.165) is 30.3 Å². The van der Waals surface area contributed by atoms with Crippen LogP contribution in [0.5, 0.6) is 0 Å². The van der Waals surface area contributed by atoms with Crippen molar-refractivity contribution in [1.29, 1.82) is 0 Å². The molecule has 1 saturated heterocycles. The van der Waals surface area contributed by atoms with Gasteiger partial charge in [0.15, 0.2) is 0 Å². The van der Waals surface area contributed by atoms with Crippen LogP contribution in [-0.2, 0) is 4.74 Å². The molecule has 3 heteroatoms. The van der Waals surface area contributed by atoms with Gasteiger partial charge in [-0.25, -0.2) is 0 Å². The van der Waals surface area contributed by atoms with Gasteiger partial charge in [-0.05, 0) is 56.4 Å². The summed E-state index contributed by atoms with van der Waals surface area (Å²) in [5.74, 6) is 0. The molecule has 1 aromatic rings. The van der Waals surface area contributed by atoms with E-state index in [1.165, 1.54) is 16.8 Å². The monoisotopic (exact) mass is 311 g/mol. The summed E-state index contributed by atoms with van der Waals surface area (Å²) in [7, 11) is 0. The van der Waals surface area contributed by atoms with Crippen molar-refractivity contribution in [3.8, 4) is 0 Å². The lowest BCUT2D eigenvalue weighted by molar-refractivity contribution is 0.00924. The fraction of sp³-hybridized carbons (Fsp3) is 0.600. The van der Waals surface area contributed by atoms with Gasteiger partial charge in [0.05, 0.1) is 6.10 Å². The number of hydrogen-bond donors (Lipinski definition) is 1. The van der Waals surface area contributed by atoms with Gasteiger partial charge in [0.2, 0.25) is 0 Å². The lowest BCUT2D eigenvalue weighted by Crippen LogP contribution is -2.34. The van der Waals surface area contributed by atoms with E-state index in [1.54, 1.807) is 0 Å². The molecule has 0 amide bonds. The number of halogens is 1. The van der Waals surface area contributed by atoms with Gasteiger partial charge in [0, 0.05) is 22.8 Å². The molecular formula is C15H22BrNO. The Kier molecular flexibility index (Phi) is 4.68. The van der Waals surface area contributed by atoms with Crippen LogP contribution >= 0.6 is 15.9 Å². The Balaban J connectivity index is 2.09. The first-order valence-electron chi connectivity index (χ1n) is 6.75. The SMILES string of the molecule is CCC1CC(Nc2c(C)cc(Br)cc2C)CCO1. The van der Waals surface area contributed by atoms with Crippen molar-refractivity contribution in [2.75, 3.05) is 11.9 Å². The molecule has 0 radical (unpaired) electrons. The molecule has 0 saturated carbocycles. The molecule has 0 aromatic heterocycles. The first-order chi connectivity index (χ1) is 8.60. The van der Waals surface area contributed by atoms with Crippen LogP contribution in [0.15, 0.2) is 16.6 Å². The van der Waals surface area contributed by atoms with E-state index >= 15 is 0 Å². The Morgan fingerprint density at radius 3 is 2.61 bits per heavy atom. The molecule has 1 aliphatic rings. The Morgan fingerprint density at radius 1 is 1.33 bits per heavy atom. The van der Waals surface area contributed by atoms with Crippen molar-refractivity contribution in [3.63, 3.8) is 0 Å². The minimum atomic E-state index is 0.423. The lowest BCUT2D eigenvalue weighted by Gasteiger charge is -2.31. The Hall–Kier alpha value is -0.540. The van der Waals surface area contributed by atoms with Crippen molar-refractivity contribution >= 4 is 21.6 Å². The summed E-state index contributed by atoms with van der Waals surface area (Å²) in [4.78, 5) is 0. The van der Waals surface area contributed by atoms with Gasteiger partial charge in [-0.3, -0.25) is 0 Å². The van der Waals surface area contributed by atoms with E-state index in [0.29, 0.717) is 12.1 Å². The van der Waals surface area contributed by atoms with Crippen molar-refractivity contribution in [2.45, 2.75) is 52.2 Å². The van der Waals surface area contributed by atoms with E-state index in [1.807, 2.05) is 0 Å². The summed E-state index contributed by atoms with van der Waals surface area (Å²) in [5.41, 5.74) is 3.91. The van der Waals surface area contributed by atoms with Crippen LogP contribution in [0.4, 0.5) is 5.69 Å². The fourth-order valence-electron chi connectivity index (χ4n) is 2.64. The van der Waals surface area contributed by atoms with Crippen molar-refractivity contribution in [3.05, 3.63) is 27.7 Å². The summed E-state index contributed by atoms with van der Waals surface area (Å²) in [6.45, 7) is 7.40. The Bertz CT molecular complexity index is 396. The lowest BCUT2D eigenvalue weighted by atomic mass is 10.00. The van der Waals surface area contributed by atoms with Crippen LogP contribution in [0, 0.1) is 13.8 Å². The van der Waals surface area contributed by atoms with Gasteiger partial charge in [0.25, 0.3) is 0 Å². The number of ether oxygens (including phenoxy) is 1. The average Bonchev–Trinajstić information content (AvgIpc) is 2.34. The van der Waals surface area contributed by atoms with Gasteiger partial charge in [-0.15, -0.1) is 0 Å². The molecule has 1 N–H and O–H groups in total. The second-order valence-electron chi connectivity index (χ2n) is 5.18. The van der Waals surface area contributed by atoms with E-state index in [4.69, 9.17) is 4.74 Å². The van der Waals surface area contributed by atoms with Gasteiger partial charge in [0.1, 0.15) is 0 Å². The first kappa shape index (κ1) is 13.9. The smallest absolute Gasteiger partial charge is 0.0592 e. The molecule has 2 rings (SSSR count). The summed E-state index contributed by atoms with van der Waals surface area (Å²) in [5, 5.41) is 3.71. The van der Waals surface area contributed by atoms with Crippen molar-refractivity contribution in [1.82, 2.24) is 0 Å². The minimum Gasteiger partial charge on any atom is -0.382 e. The summed E-state index contributed by atoms with van der Waals surface area (Å²) in [6, 6.07) is 4.89. The van der Waals surface area contributed by atoms with Crippen molar-refractivity contribution < 1.29 is 4.74 Å². The van der Waals surface area contributed by atoms with Crippen LogP contribution < -0.4 is 5.32 Å². The van der Waals surface area contributed by atoms with E-state index in [9.17, 15) is 0 Å². The maximum absolute atomic E-state index is 5.73. The van der Waals surface area contributed by atoms with E-state index in [2.05, 4.69) is 54.2 Å². The number of aryl methyl sites for hydroxylation is 2. The maximum Gasteiger partial charge on any atom is 0.0592 e. The van der Waals surface area contributed by atoms with Crippen molar-refractivity contribution in [2.24, 2.45) is 0 Å². The third-order valence-electron chi connectivity index (χ3n) is 3.67. The van der Waals surface area contributed by atoms with Crippen LogP contribution in [0.3, 0.4) is 0 Å². The molecule has 1 aromatic carbocycles. The first-order valence-corrected chi connectivity index (χ1v) is 7.54. The number of rotatable bonds is 3. The fourth-order valence-corrected chi connectivity index (χ4v) is 3.33. The highest BCUT2D eigenvalue weighted by Gasteiger charge is 2.21. The summed E-state index contributed by atoms with van der Waals surface area (Å²) < 4.78 is 6.88. The molecule has 1 heterocycles.